The highest BCUT2D eigenvalue weighted by molar-refractivity contribution is 5.94. The van der Waals surface area contributed by atoms with Gasteiger partial charge in [-0.05, 0) is 24.0 Å². The maximum atomic E-state index is 12.2. The Labute approximate surface area is 116 Å². The lowest BCUT2D eigenvalue weighted by Gasteiger charge is -2.16. The second-order valence-corrected chi connectivity index (χ2v) is 4.73. The molecule has 0 aliphatic carbocycles. The van der Waals surface area contributed by atoms with E-state index in [-0.39, 0.29) is 16.8 Å². The number of nitrogens with zero attached hydrogens (tertiary/aromatic N) is 1. The van der Waals surface area contributed by atoms with Crippen LogP contribution in [0.3, 0.4) is 0 Å². The van der Waals surface area contributed by atoms with Gasteiger partial charge < -0.3 is 14.8 Å². The van der Waals surface area contributed by atoms with Crippen molar-refractivity contribution in [1.29, 1.82) is 0 Å². The maximum absolute atomic E-state index is 12.2. The first-order chi connectivity index (χ1) is 9.42. The molecule has 1 aromatic heterocycles. The fraction of sp³-hybridized carbons (Fsp3) is 0.333. The molecule has 1 aromatic carbocycles. The summed E-state index contributed by atoms with van der Waals surface area (Å²) in [5.74, 6) is -1.20. The average molecular weight is 275 g/mol. The Hall–Kier alpha value is -2.30. The Morgan fingerprint density at radius 1 is 1.20 bits per heavy atom. The van der Waals surface area contributed by atoms with E-state index >= 15 is 0 Å². The lowest BCUT2D eigenvalue weighted by molar-refractivity contribution is 0.0686. The van der Waals surface area contributed by atoms with Crippen molar-refractivity contribution in [2.75, 3.05) is 0 Å². The van der Waals surface area contributed by atoms with Crippen molar-refractivity contribution in [2.24, 2.45) is 7.05 Å². The number of aromatic nitrogens is 1. The van der Waals surface area contributed by atoms with Gasteiger partial charge in [0.2, 0.25) is 0 Å². The molecule has 0 radical (unpaired) electrons. The van der Waals surface area contributed by atoms with E-state index in [1.54, 1.807) is 7.05 Å². The molecular formula is C15H17NO4. The van der Waals surface area contributed by atoms with Crippen molar-refractivity contribution in [3.05, 3.63) is 39.2 Å². The zero-order valence-electron chi connectivity index (χ0n) is 11.7. The largest absolute Gasteiger partial charge is 0.507 e. The summed E-state index contributed by atoms with van der Waals surface area (Å²) in [6.45, 7) is 3.83. The summed E-state index contributed by atoms with van der Waals surface area (Å²) in [6, 6.07) is 2.89. The smallest absolute Gasteiger partial charge is 0.352 e. The number of aryl methyl sites for hydroxylation is 3. The fourth-order valence-electron chi connectivity index (χ4n) is 2.55. The first-order valence-corrected chi connectivity index (χ1v) is 6.53. The van der Waals surface area contributed by atoms with Gasteiger partial charge in [0.1, 0.15) is 11.4 Å². The van der Waals surface area contributed by atoms with Gasteiger partial charge in [-0.3, -0.25) is 4.79 Å². The molecule has 2 N–H and O–H groups in total. The zero-order chi connectivity index (χ0) is 15.0. The number of rotatable bonds is 3. The van der Waals surface area contributed by atoms with Crippen molar-refractivity contribution in [1.82, 2.24) is 4.57 Å². The van der Waals surface area contributed by atoms with Crippen molar-refractivity contribution in [2.45, 2.75) is 26.7 Å². The van der Waals surface area contributed by atoms with Crippen molar-refractivity contribution in [3.8, 4) is 5.75 Å². The van der Waals surface area contributed by atoms with E-state index in [1.165, 1.54) is 4.57 Å². The number of phenolic OH excluding ortho intramolecular Hbond substituents is 1. The number of hydrogen-bond donors (Lipinski definition) is 2. The maximum Gasteiger partial charge on any atom is 0.352 e. The average Bonchev–Trinajstić information content (AvgIpc) is 2.42. The normalized spacial score (nSPS) is 10.9. The predicted molar refractivity (Wildman–Crippen MR) is 76.6 cm³/mol. The van der Waals surface area contributed by atoms with E-state index in [0.29, 0.717) is 23.9 Å². The molecule has 2 rings (SSSR count). The van der Waals surface area contributed by atoms with Crippen molar-refractivity contribution < 1.29 is 15.0 Å². The number of aromatic hydroxyl groups is 1. The number of pyridine rings is 1. The highest BCUT2D eigenvalue weighted by Gasteiger charge is 2.18. The van der Waals surface area contributed by atoms with E-state index in [0.717, 1.165) is 11.6 Å². The molecule has 0 bridgehead atoms. The number of aromatic carboxylic acids is 1. The van der Waals surface area contributed by atoms with Crippen LogP contribution in [-0.4, -0.2) is 20.7 Å². The Kier molecular flexibility index (Phi) is 3.53. The van der Waals surface area contributed by atoms with Gasteiger partial charge in [0.15, 0.2) is 5.43 Å². The van der Waals surface area contributed by atoms with E-state index in [1.807, 2.05) is 19.9 Å². The van der Waals surface area contributed by atoms with Crippen LogP contribution in [0.2, 0.25) is 0 Å². The summed E-state index contributed by atoms with van der Waals surface area (Å²) in [7, 11) is 1.59. The van der Waals surface area contributed by atoms with Crippen LogP contribution in [-0.2, 0) is 19.9 Å². The minimum Gasteiger partial charge on any atom is -0.507 e. The highest BCUT2D eigenvalue weighted by Crippen LogP contribution is 2.30. The summed E-state index contributed by atoms with van der Waals surface area (Å²) in [4.78, 5) is 23.4. The van der Waals surface area contributed by atoms with E-state index in [2.05, 4.69) is 0 Å². The molecular weight excluding hydrogens is 258 g/mol. The van der Waals surface area contributed by atoms with E-state index < -0.39 is 11.4 Å². The minimum atomic E-state index is -1.16. The molecule has 0 unspecified atom stereocenters. The summed E-state index contributed by atoms with van der Waals surface area (Å²) in [5, 5.41) is 19.6. The quantitative estimate of drug-likeness (QED) is 0.898. The number of carbonyl (C=O) groups is 1. The van der Waals surface area contributed by atoms with Crippen LogP contribution >= 0.6 is 0 Å². The number of phenols is 1. The molecule has 0 amide bonds. The Bertz CT molecular complexity index is 759. The molecule has 1 heterocycles. The lowest BCUT2D eigenvalue weighted by atomic mass is 9.99. The fourth-order valence-corrected chi connectivity index (χ4v) is 2.55. The molecule has 0 fully saturated rings. The number of hydrogen-bond acceptors (Lipinski definition) is 3. The Morgan fingerprint density at radius 2 is 1.80 bits per heavy atom. The van der Waals surface area contributed by atoms with E-state index in [9.17, 15) is 14.7 Å². The number of fused-ring (bicyclic) bond motifs is 1. The van der Waals surface area contributed by atoms with Crippen molar-refractivity contribution >= 4 is 16.9 Å². The van der Waals surface area contributed by atoms with Gasteiger partial charge in [-0.1, -0.05) is 19.9 Å². The summed E-state index contributed by atoms with van der Waals surface area (Å²) < 4.78 is 1.46. The van der Waals surface area contributed by atoms with Crippen LogP contribution in [0.5, 0.6) is 5.75 Å². The molecule has 20 heavy (non-hydrogen) atoms. The zero-order valence-corrected chi connectivity index (χ0v) is 11.7. The SMILES string of the molecule is CCc1cc(CC)c2c(c1O)c(=O)cc(C(=O)O)n2C. The molecule has 0 spiro atoms. The van der Waals surface area contributed by atoms with Gasteiger partial charge in [-0.15, -0.1) is 0 Å². The summed E-state index contributed by atoms with van der Waals surface area (Å²) in [6.07, 6.45) is 1.26. The van der Waals surface area contributed by atoms with Gasteiger partial charge in [0.25, 0.3) is 0 Å². The van der Waals surface area contributed by atoms with Gasteiger partial charge in [-0.25, -0.2) is 4.79 Å². The first kappa shape index (κ1) is 14.1. The molecule has 0 atom stereocenters. The standard InChI is InChI=1S/C15H17NO4/c1-4-8-6-9(5-2)14(18)12-11(17)7-10(15(19)20)16(3)13(8)12/h6-7,18H,4-5H2,1-3H3,(H,19,20). The van der Waals surface area contributed by atoms with Crippen LogP contribution < -0.4 is 5.43 Å². The van der Waals surface area contributed by atoms with Gasteiger partial charge in [0.05, 0.1) is 10.9 Å². The monoisotopic (exact) mass is 275 g/mol. The second-order valence-electron chi connectivity index (χ2n) is 4.73. The molecule has 0 aliphatic rings. The number of carboxylic acid groups (broad SMARTS) is 1. The molecule has 0 saturated heterocycles. The topological polar surface area (TPSA) is 79.5 Å². The molecule has 2 aromatic rings. The highest BCUT2D eigenvalue weighted by atomic mass is 16.4. The van der Waals surface area contributed by atoms with Crippen LogP contribution in [0.15, 0.2) is 16.9 Å². The molecule has 0 aliphatic heterocycles. The van der Waals surface area contributed by atoms with Crippen LogP contribution in [0, 0.1) is 0 Å². The van der Waals surface area contributed by atoms with Gasteiger partial charge in [0, 0.05) is 13.1 Å². The lowest BCUT2D eigenvalue weighted by Crippen LogP contribution is -2.17. The summed E-state index contributed by atoms with van der Waals surface area (Å²) in [5.41, 5.74) is 1.51. The predicted octanol–water partition coefficient (Wildman–Crippen LogP) is 2.07. The summed E-state index contributed by atoms with van der Waals surface area (Å²) >= 11 is 0. The van der Waals surface area contributed by atoms with Crippen LogP contribution in [0.25, 0.3) is 10.9 Å². The molecule has 5 nitrogen and oxygen atoms in total. The third kappa shape index (κ3) is 1.95. The molecule has 0 saturated carbocycles. The Morgan fingerprint density at radius 3 is 2.30 bits per heavy atom. The second kappa shape index (κ2) is 5.00. The number of benzene rings is 1. The van der Waals surface area contributed by atoms with Gasteiger partial charge in [-0.2, -0.15) is 0 Å². The van der Waals surface area contributed by atoms with Crippen molar-refractivity contribution in [3.63, 3.8) is 0 Å². The third-order valence-corrected chi connectivity index (χ3v) is 3.62. The molecule has 5 heteroatoms. The minimum absolute atomic E-state index is 0.0442. The molecule has 106 valence electrons. The van der Waals surface area contributed by atoms with Crippen LogP contribution in [0.1, 0.15) is 35.5 Å². The third-order valence-electron chi connectivity index (χ3n) is 3.62. The van der Waals surface area contributed by atoms with E-state index in [4.69, 9.17) is 5.11 Å². The van der Waals surface area contributed by atoms with Crippen LogP contribution in [0.4, 0.5) is 0 Å². The van der Waals surface area contributed by atoms with Gasteiger partial charge >= 0.3 is 5.97 Å². The number of carboxylic acids is 1. The Balaban J connectivity index is 3.08. The first-order valence-electron chi connectivity index (χ1n) is 6.53.